The number of rotatable bonds is 3. The maximum atomic E-state index is 12.3. The number of likely N-dealkylation sites (tertiary alicyclic amines) is 1. The Morgan fingerprint density at radius 3 is 2.45 bits per heavy atom. The van der Waals surface area contributed by atoms with Gasteiger partial charge in [-0.3, -0.25) is 4.79 Å². The lowest BCUT2D eigenvalue weighted by atomic mass is 10.3. The number of aromatic nitrogens is 2. The zero-order valence-corrected chi connectivity index (χ0v) is 10.9. The summed E-state index contributed by atoms with van der Waals surface area (Å²) in [4.78, 5) is 13.7. The second-order valence-corrected chi connectivity index (χ2v) is 4.70. The summed E-state index contributed by atoms with van der Waals surface area (Å²) in [6.45, 7) is 3.10. The Labute approximate surface area is 114 Å². The van der Waals surface area contributed by atoms with Crippen LogP contribution in [0.5, 0.6) is 0 Å². The van der Waals surface area contributed by atoms with Crippen LogP contribution in [-0.2, 0) is 11.0 Å². The van der Waals surface area contributed by atoms with Gasteiger partial charge in [0.1, 0.15) is 11.9 Å². The molecule has 2 heterocycles. The minimum Gasteiger partial charge on any atom is -0.357 e. The quantitative estimate of drug-likeness (QED) is 0.923. The van der Waals surface area contributed by atoms with Crippen LogP contribution in [0.3, 0.4) is 0 Å². The van der Waals surface area contributed by atoms with Gasteiger partial charge in [-0.2, -0.15) is 13.2 Å². The molecule has 1 saturated heterocycles. The lowest BCUT2D eigenvalue weighted by Crippen LogP contribution is -2.39. The molecule has 1 amide bonds. The number of hydrogen-bond donors (Lipinski definition) is 1. The summed E-state index contributed by atoms with van der Waals surface area (Å²) in [5.74, 6) is 0.0715. The molecule has 20 heavy (non-hydrogen) atoms. The standard InChI is InChI=1S/C12H15F3N4O/c1-8(11(20)19-6-2-3-7-19)16-10-5-4-9(17-18-10)12(13,14)15/h4-5,8H,2-3,6-7H2,1H3,(H,16,18). The van der Waals surface area contributed by atoms with Gasteiger partial charge in [-0.1, -0.05) is 0 Å². The largest absolute Gasteiger partial charge is 0.435 e. The molecule has 1 aromatic heterocycles. The second kappa shape index (κ2) is 5.64. The molecular formula is C12H15F3N4O. The van der Waals surface area contributed by atoms with E-state index in [4.69, 9.17) is 0 Å². The molecule has 0 radical (unpaired) electrons. The molecule has 0 spiro atoms. The maximum absolute atomic E-state index is 12.3. The van der Waals surface area contributed by atoms with E-state index in [2.05, 4.69) is 15.5 Å². The van der Waals surface area contributed by atoms with E-state index in [0.29, 0.717) is 0 Å². The topological polar surface area (TPSA) is 58.1 Å². The minimum atomic E-state index is -4.51. The van der Waals surface area contributed by atoms with E-state index >= 15 is 0 Å². The summed E-state index contributed by atoms with van der Waals surface area (Å²) in [7, 11) is 0. The molecule has 1 atom stereocenters. The van der Waals surface area contributed by atoms with Crippen molar-refractivity contribution in [2.75, 3.05) is 18.4 Å². The van der Waals surface area contributed by atoms with Crippen molar-refractivity contribution in [2.24, 2.45) is 0 Å². The Hall–Kier alpha value is -1.86. The Morgan fingerprint density at radius 2 is 1.95 bits per heavy atom. The zero-order valence-electron chi connectivity index (χ0n) is 10.9. The predicted octanol–water partition coefficient (Wildman–Crippen LogP) is 1.92. The lowest BCUT2D eigenvalue weighted by molar-refractivity contribution is -0.141. The van der Waals surface area contributed by atoms with Crippen molar-refractivity contribution < 1.29 is 18.0 Å². The monoisotopic (exact) mass is 288 g/mol. The molecule has 1 aliphatic heterocycles. The van der Waals surface area contributed by atoms with Gasteiger partial charge >= 0.3 is 6.18 Å². The fourth-order valence-corrected chi connectivity index (χ4v) is 2.06. The van der Waals surface area contributed by atoms with E-state index in [0.717, 1.165) is 32.0 Å². The molecule has 0 aromatic carbocycles. The highest BCUT2D eigenvalue weighted by Gasteiger charge is 2.33. The van der Waals surface area contributed by atoms with E-state index in [1.807, 2.05) is 0 Å². The molecule has 5 nitrogen and oxygen atoms in total. The summed E-state index contributed by atoms with van der Waals surface area (Å²) >= 11 is 0. The first-order valence-corrected chi connectivity index (χ1v) is 6.34. The van der Waals surface area contributed by atoms with E-state index < -0.39 is 17.9 Å². The molecule has 0 bridgehead atoms. The number of carbonyl (C=O) groups excluding carboxylic acids is 1. The highest BCUT2D eigenvalue weighted by atomic mass is 19.4. The average molecular weight is 288 g/mol. The number of nitrogens with one attached hydrogen (secondary N) is 1. The van der Waals surface area contributed by atoms with Gasteiger partial charge in [0, 0.05) is 13.1 Å². The van der Waals surface area contributed by atoms with E-state index in [-0.39, 0.29) is 11.7 Å². The van der Waals surface area contributed by atoms with Crippen molar-refractivity contribution in [3.63, 3.8) is 0 Å². The first-order valence-electron chi connectivity index (χ1n) is 6.34. The van der Waals surface area contributed by atoms with Gasteiger partial charge in [-0.25, -0.2) is 0 Å². The summed E-state index contributed by atoms with van der Waals surface area (Å²) in [5, 5.41) is 9.30. The molecule has 1 fully saturated rings. The van der Waals surface area contributed by atoms with Crippen molar-refractivity contribution >= 4 is 11.7 Å². The number of halogens is 3. The third-order valence-electron chi connectivity index (χ3n) is 3.11. The number of carbonyl (C=O) groups is 1. The van der Waals surface area contributed by atoms with Crippen molar-refractivity contribution in [1.82, 2.24) is 15.1 Å². The fourth-order valence-electron chi connectivity index (χ4n) is 2.06. The van der Waals surface area contributed by atoms with E-state index in [1.165, 1.54) is 6.07 Å². The normalized spacial score (nSPS) is 17.1. The van der Waals surface area contributed by atoms with Crippen LogP contribution < -0.4 is 5.32 Å². The molecule has 0 aliphatic carbocycles. The first kappa shape index (κ1) is 14.5. The Balaban J connectivity index is 1.97. The third kappa shape index (κ3) is 3.37. The van der Waals surface area contributed by atoms with Crippen LogP contribution >= 0.6 is 0 Å². The SMILES string of the molecule is CC(Nc1ccc(C(F)(F)F)nn1)C(=O)N1CCCC1. The molecular weight excluding hydrogens is 273 g/mol. The molecule has 1 aromatic rings. The fraction of sp³-hybridized carbons (Fsp3) is 0.583. The van der Waals surface area contributed by atoms with E-state index in [9.17, 15) is 18.0 Å². The first-order chi connectivity index (χ1) is 9.38. The van der Waals surface area contributed by atoms with Gasteiger partial charge in [0.2, 0.25) is 5.91 Å². The summed E-state index contributed by atoms with van der Waals surface area (Å²) < 4.78 is 37.0. The van der Waals surface area contributed by atoms with E-state index in [1.54, 1.807) is 11.8 Å². The highest BCUT2D eigenvalue weighted by Crippen LogP contribution is 2.27. The van der Waals surface area contributed by atoms with Crippen LogP contribution in [0.2, 0.25) is 0 Å². The third-order valence-corrected chi connectivity index (χ3v) is 3.11. The van der Waals surface area contributed by atoms with Crippen molar-refractivity contribution in [1.29, 1.82) is 0 Å². The average Bonchev–Trinajstić information content (AvgIpc) is 2.91. The van der Waals surface area contributed by atoms with Gasteiger partial charge in [0.05, 0.1) is 0 Å². The van der Waals surface area contributed by atoms with Crippen LogP contribution in [0.4, 0.5) is 19.0 Å². The molecule has 110 valence electrons. The number of nitrogens with zero attached hydrogens (tertiary/aromatic N) is 3. The Kier molecular flexibility index (Phi) is 4.10. The number of anilines is 1. The van der Waals surface area contributed by atoms with Crippen molar-refractivity contribution in [3.8, 4) is 0 Å². The summed E-state index contributed by atoms with van der Waals surface area (Å²) in [6, 6.07) is 1.46. The van der Waals surface area contributed by atoms with Crippen molar-refractivity contribution in [3.05, 3.63) is 17.8 Å². The van der Waals surface area contributed by atoms with Crippen LogP contribution in [0, 0.1) is 0 Å². The molecule has 1 N–H and O–H groups in total. The molecule has 1 unspecified atom stereocenters. The molecule has 1 aliphatic rings. The maximum Gasteiger partial charge on any atom is 0.435 e. The van der Waals surface area contributed by atoms with Crippen LogP contribution in [-0.4, -0.2) is 40.1 Å². The van der Waals surface area contributed by atoms with Crippen LogP contribution in [0.25, 0.3) is 0 Å². The smallest absolute Gasteiger partial charge is 0.357 e. The zero-order chi connectivity index (χ0) is 14.8. The van der Waals surface area contributed by atoms with Gasteiger partial charge in [0.25, 0.3) is 0 Å². The summed E-state index contributed by atoms with van der Waals surface area (Å²) in [5.41, 5.74) is -1.05. The summed E-state index contributed by atoms with van der Waals surface area (Å²) in [6.07, 6.45) is -2.54. The van der Waals surface area contributed by atoms with Gasteiger partial charge in [-0.15, -0.1) is 10.2 Å². The van der Waals surface area contributed by atoms with Gasteiger partial charge in [0.15, 0.2) is 5.69 Å². The number of amides is 1. The van der Waals surface area contributed by atoms with Gasteiger partial charge in [-0.05, 0) is 31.9 Å². The Morgan fingerprint density at radius 1 is 1.30 bits per heavy atom. The predicted molar refractivity (Wildman–Crippen MR) is 65.9 cm³/mol. The molecule has 8 heteroatoms. The number of hydrogen-bond acceptors (Lipinski definition) is 4. The molecule has 2 rings (SSSR count). The minimum absolute atomic E-state index is 0.0794. The molecule has 0 saturated carbocycles. The lowest BCUT2D eigenvalue weighted by Gasteiger charge is -2.21. The van der Waals surface area contributed by atoms with Crippen LogP contribution in [0.15, 0.2) is 12.1 Å². The Bertz CT molecular complexity index is 469. The van der Waals surface area contributed by atoms with Crippen LogP contribution in [0.1, 0.15) is 25.5 Å². The highest BCUT2D eigenvalue weighted by molar-refractivity contribution is 5.84. The number of alkyl halides is 3. The second-order valence-electron chi connectivity index (χ2n) is 4.70. The van der Waals surface area contributed by atoms with Gasteiger partial charge < -0.3 is 10.2 Å². The van der Waals surface area contributed by atoms with Crippen molar-refractivity contribution in [2.45, 2.75) is 32.0 Å².